The Kier molecular flexibility index (Phi) is 7.57. The van der Waals surface area contributed by atoms with Crippen molar-refractivity contribution in [3.63, 3.8) is 0 Å². The minimum Gasteiger partial charge on any atom is -0.478 e. The molecule has 0 aliphatic rings. The molecule has 176 valence electrons. The molecule has 3 aromatic rings. The van der Waals surface area contributed by atoms with E-state index < -0.39 is 52.0 Å². The van der Waals surface area contributed by atoms with Crippen LogP contribution in [-0.4, -0.2) is 28.1 Å². The van der Waals surface area contributed by atoms with Crippen molar-refractivity contribution in [3.05, 3.63) is 89.0 Å². The largest absolute Gasteiger partial charge is 0.478 e. The molecule has 0 heterocycles. The van der Waals surface area contributed by atoms with E-state index in [1.54, 1.807) is 12.1 Å². The van der Waals surface area contributed by atoms with Crippen LogP contribution >= 0.6 is 11.8 Å². The first-order valence-corrected chi connectivity index (χ1v) is 10.5. The standard InChI is InChI=1S/C23H16F4N2O4S/c1-11(21(30)29-20-18(26)16(24)10-17(25)19(20)27)34-13-8-6-12(7-9-13)28-22(31)14-4-2-3-5-15(14)23(32)33/h2-11H,1H3,(H,28,31)(H,29,30)(H,32,33). The third kappa shape index (κ3) is 5.54. The van der Waals surface area contributed by atoms with Crippen LogP contribution in [0.2, 0.25) is 0 Å². The van der Waals surface area contributed by atoms with Crippen molar-refractivity contribution in [2.45, 2.75) is 17.1 Å². The highest BCUT2D eigenvalue weighted by Crippen LogP contribution is 2.28. The number of hydrogen-bond acceptors (Lipinski definition) is 4. The molecule has 0 saturated carbocycles. The highest BCUT2D eigenvalue weighted by atomic mass is 32.2. The third-order valence-corrected chi connectivity index (χ3v) is 5.67. The minimum atomic E-state index is -1.71. The van der Waals surface area contributed by atoms with Gasteiger partial charge >= 0.3 is 5.97 Å². The lowest BCUT2D eigenvalue weighted by Crippen LogP contribution is -2.24. The van der Waals surface area contributed by atoms with E-state index in [2.05, 4.69) is 5.32 Å². The molecule has 0 spiro atoms. The summed E-state index contributed by atoms with van der Waals surface area (Å²) in [4.78, 5) is 36.5. The lowest BCUT2D eigenvalue weighted by molar-refractivity contribution is -0.115. The quantitative estimate of drug-likeness (QED) is 0.236. The Morgan fingerprint density at radius 3 is 1.97 bits per heavy atom. The summed E-state index contributed by atoms with van der Waals surface area (Å²) in [5, 5.41) is 12.7. The first-order chi connectivity index (χ1) is 16.1. The molecule has 0 fully saturated rings. The second kappa shape index (κ2) is 10.4. The van der Waals surface area contributed by atoms with E-state index in [0.29, 0.717) is 10.6 Å². The lowest BCUT2D eigenvalue weighted by atomic mass is 10.1. The Balaban J connectivity index is 1.65. The fourth-order valence-electron chi connectivity index (χ4n) is 2.85. The molecule has 0 radical (unpaired) electrons. The van der Waals surface area contributed by atoms with E-state index in [-0.39, 0.29) is 17.2 Å². The van der Waals surface area contributed by atoms with Gasteiger partial charge in [-0.1, -0.05) is 12.1 Å². The second-order valence-electron chi connectivity index (χ2n) is 6.92. The van der Waals surface area contributed by atoms with Gasteiger partial charge in [-0.05, 0) is 43.3 Å². The Morgan fingerprint density at radius 2 is 1.41 bits per heavy atom. The van der Waals surface area contributed by atoms with Gasteiger partial charge in [0.25, 0.3) is 5.91 Å². The van der Waals surface area contributed by atoms with E-state index in [4.69, 9.17) is 0 Å². The summed E-state index contributed by atoms with van der Waals surface area (Å²) in [7, 11) is 0. The molecule has 6 nitrogen and oxygen atoms in total. The van der Waals surface area contributed by atoms with Crippen molar-refractivity contribution in [1.82, 2.24) is 0 Å². The number of carbonyl (C=O) groups is 3. The molecule has 0 saturated heterocycles. The smallest absolute Gasteiger partial charge is 0.336 e. The van der Waals surface area contributed by atoms with Gasteiger partial charge in [-0.2, -0.15) is 0 Å². The SMILES string of the molecule is CC(Sc1ccc(NC(=O)c2ccccc2C(=O)O)cc1)C(=O)Nc1c(F)c(F)cc(F)c1F. The summed E-state index contributed by atoms with van der Waals surface area (Å²) in [6, 6.07) is 11.9. The second-order valence-corrected chi connectivity index (χ2v) is 8.34. The van der Waals surface area contributed by atoms with Crippen LogP contribution in [0.4, 0.5) is 28.9 Å². The van der Waals surface area contributed by atoms with Gasteiger partial charge in [-0.15, -0.1) is 11.8 Å². The van der Waals surface area contributed by atoms with Crippen LogP contribution in [-0.2, 0) is 4.79 Å². The number of carboxylic acids is 1. The van der Waals surface area contributed by atoms with E-state index in [0.717, 1.165) is 11.8 Å². The van der Waals surface area contributed by atoms with E-state index in [1.165, 1.54) is 43.3 Å². The first-order valence-electron chi connectivity index (χ1n) is 9.62. The lowest BCUT2D eigenvalue weighted by Gasteiger charge is -2.14. The number of rotatable bonds is 7. The number of thioether (sulfide) groups is 1. The van der Waals surface area contributed by atoms with Gasteiger partial charge in [-0.3, -0.25) is 9.59 Å². The van der Waals surface area contributed by atoms with Crippen molar-refractivity contribution in [2.75, 3.05) is 10.6 Å². The Labute approximate surface area is 195 Å². The van der Waals surface area contributed by atoms with Crippen LogP contribution in [0.25, 0.3) is 0 Å². The number of carbonyl (C=O) groups excluding carboxylic acids is 2. The van der Waals surface area contributed by atoms with Gasteiger partial charge in [0.1, 0.15) is 5.69 Å². The third-order valence-electron chi connectivity index (χ3n) is 4.56. The number of benzene rings is 3. The number of aromatic carboxylic acids is 1. The Hall–Kier alpha value is -3.86. The molecule has 0 bridgehead atoms. The minimum absolute atomic E-state index is 0.0213. The average molecular weight is 492 g/mol. The molecule has 0 aromatic heterocycles. The first kappa shape index (κ1) is 24.8. The molecule has 0 aliphatic heterocycles. The summed E-state index contributed by atoms with van der Waals surface area (Å²) in [6.07, 6.45) is 0. The van der Waals surface area contributed by atoms with Crippen LogP contribution in [0, 0.1) is 23.3 Å². The van der Waals surface area contributed by atoms with Crippen molar-refractivity contribution >= 4 is 40.9 Å². The summed E-state index contributed by atoms with van der Waals surface area (Å²) in [5.41, 5.74) is -1.04. The summed E-state index contributed by atoms with van der Waals surface area (Å²) in [6.45, 7) is 1.42. The molecular formula is C23H16F4N2O4S. The topological polar surface area (TPSA) is 95.5 Å². The highest BCUT2D eigenvalue weighted by molar-refractivity contribution is 8.00. The van der Waals surface area contributed by atoms with Crippen molar-refractivity contribution in [1.29, 1.82) is 0 Å². The molecule has 2 amide bonds. The maximum absolute atomic E-state index is 13.8. The van der Waals surface area contributed by atoms with E-state index in [9.17, 15) is 37.1 Å². The summed E-state index contributed by atoms with van der Waals surface area (Å²) < 4.78 is 54.2. The Morgan fingerprint density at radius 1 is 0.853 bits per heavy atom. The van der Waals surface area contributed by atoms with Crippen molar-refractivity contribution < 1.29 is 37.1 Å². The van der Waals surface area contributed by atoms with E-state index >= 15 is 0 Å². The zero-order valence-corrected chi connectivity index (χ0v) is 18.2. The number of anilines is 2. The number of halogens is 4. The number of hydrogen-bond donors (Lipinski definition) is 3. The van der Waals surface area contributed by atoms with Gasteiger partial charge in [0.15, 0.2) is 23.3 Å². The van der Waals surface area contributed by atoms with E-state index in [1.807, 2.05) is 5.32 Å². The van der Waals surface area contributed by atoms with Crippen LogP contribution in [0.1, 0.15) is 27.6 Å². The molecule has 11 heteroatoms. The highest BCUT2D eigenvalue weighted by Gasteiger charge is 2.23. The number of amides is 2. The van der Waals surface area contributed by atoms with Gasteiger partial charge < -0.3 is 15.7 Å². The van der Waals surface area contributed by atoms with Crippen LogP contribution in [0.3, 0.4) is 0 Å². The van der Waals surface area contributed by atoms with Crippen LogP contribution in [0.5, 0.6) is 0 Å². The van der Waals surface area contributed by atoms with Crippen molar-refractivity contribution in [3.8, 4) is 0 Å². The van der Waals surface area contributed by atoms with Gasteiger partial charge in [0, 0.05) is 16.6 Å². The van der Waals surface area contributed by atoms with Gasteiger partial charge in [-0.25, -0.2) is 22.4 Å². The zero-order chi connectivity index (χ0) is 25.0. The van der Waals surface area contributed by atoms with Crippen molar-refractivity contribution in [2.24, 2.45) is 0 Å². The van der Waals surface area contributed by atoms with Crippen LogP contribution in [0.15, 0.2) is 59.5 Å². The number of nitrogens with one attached hydrogen (secondary N) is 2. The molecular weight excluding hydrogens is 476 g/mol. The predicted molar refractivity (Wildman–Crippen MR) is 118 cm³/mol. The van der Waals surface area contributed by atoms with Gasteiger partial charge in [0.2, 0.25) is 5.91 Å². The molecule has 0 aliphatic carbocycles. The number of carboxylic acid groups (broad SMARTS) is 1. The normalized spacial score (nSPS) is 11.6. The van der Waals surface area contributed by atoms with Crippen LogP contribution < -0.4 is 10.6 Å². The molecule has 1 atom stereocenters. The fraction of sp³-hybridized carbons (Fsp3) is 0.0870. The average Bonchev–Trinajstić information content (AvgIpc) is 2.81. The molecule has 34 heavy (non-hydrogen) atoms. The fourth-order valence-corrected chi connectivity index (χ4v) is 3.72. The Bertz CT molecular complexity index is 1240. The van der Waals surface area contributed by atoms with Gasteiger partial charge in [0.05, 0.1) is 16.4 Å². The molecule has 3 aromatic carbocycles. The monoisotopic (exact) mass is 492 g/mol. The maximum Gasteiger partial charge on any atom is 0.336 e. The summed E-state index contributed by atoms with van der Waals surface area (Å²) >= 11 is 0.987. The molecule has 3 N–H and O–H groups in total. The predicted octanol–water partition coefficient (Wildman–Crippen LogP) is 5.31. The molecule has 1 unspecified atom stereocenters. The summed E-state index contributed by atoms with van der Waals surface area (Å²) in [5.74, 6) is -9.47. The zero-order valence-electron chi connectivity index (χ0n) is 17.4. The molecule has 3 rings (SSSR count). The maximum atomic E-state index is 13.8.